The number of rotatable bonds is 8. The van der Waals surface area contributed by atoms with Gasteiger partial charge in [-0.3, -0.25) is 9.59 Å². The van der Waals surface area contributed by atoms with Crippen molar-refractivity contribution in [3.05, 3.63) is 118 Å². The predicted octanol–water partition coefficient (Wildman–Crippen LogP) is 3.53. The first kappa shape index (κ1) is 25.5. The Kier molecular flexibility index (Phi) is 7.26. The molecule has 0 spiro atoms. The molecule has 3 heterocycles. The lowest BCUT2D eigenvalue weighted by Crippen LogP contribution is -2.26. The third-order valence-corrected chi connectivity index (χ3v) is 5.80. The zero-order chi connectivity index (χ0) is 27.4. The van der Waals surface area contributed by atoms with Crippen molar-refractivity contribution in [3.8, 4) is 22.6 Å². The lowest BCUT2D eigenvalue weighted by atomic mass is 10.1. The van der Waals surface area contributed by atoms with Gasteiger partial charge in [0.2, 0.25) is 0 Å². The highest BCUT2D eigenvalue weighted by Crippen LogP contribution is 2.22. The monoisotopic (exact) mass is 531 g/mol. The number of amides is 1. The van der Waals surface area contributed by atoms with Crippen molar-refractivity contribution >= 4 is 5.91 Å². The van der Waals surface area contributed by atoms with Crippen molar-refractivity contribution < 1.29 is 18.0 Å². The highest BCUT2D eigenvalue weighted by Gasteiger charge is 2.14. The number of nitrogens with one attached hydrogen (secondary N) is 2. The van der Waals surface area contributed by atoms with Crippen LogP contribution in [-0.2, 0) is 13.0 Å². The maximum absolute atomic E-state index is 13.7. The van der Waals surface area contributed by atoms with E-state index in [4.69, 9.17) is 0 Å². The average Bonchev–Trinajstić information content (AvgIpc) is 3.46. The molecule has 0 fully saturated rings. The van der Waals surface area contributed by atoms with E-state index in [0.717, 1.165) is 22.5 Å². The van der Waals surface area contributed by atoms with Crippen LogP contribution in [0, 0.1) is 17.5 Å². The van der Waals surface area contributed by atoms with E-state index in [1.165, 1.54) is 24.5 Å². The van der Waals surface area contributed by atoms with E-state index in [-0.39, 0.29) is 23.7 Å². The molecule has 0 aliphatic carbocycles. The third kappa shape index (κ3) is 5.90. The molecular formula is C27H20F3N7O2. The maximum Gasteiger partial charge on any atom is 0.267 e. The molecular weight excluding hydrogens is 511 g/mol. The normalized spacial score (nSPS) is 10.9. The van der Waals surface area contributed by atoms with Gasteiger partial charge in [0.25, 0.3) is 11.5 Å². The van der Waals surface area contributed by atoms with Gasteiger partial charge in [-0.05, 0) is 29.8 Å². The third-order valence-electron chi connectivity index (χ3n) is 5.80. The Bertz CT molecular complexity index is 1660. The van der Waals surface area contributed by atoms with Gasteiger partial charge in [-0.2, -0.15) is 5.10 Å². The summed E-state index contributed by atoms with van der Waals surface area (Å²) in [6.45, 7) is 0.455. The zero-order valence-corrected chi connectivity index (χ0v) is 20.2. The number of carbonyl (C=O) groups excluding carboxylic acids is 1. The summed E-state index contributed by atoms with van der Waals surface area (Å²) < 4.78 is 41.8. The van der Waals surface area contributed by atoms with E-state index >= 15 is 0 Å². The summed E-state index contributed by atoms with van der Waals surface area (Å²) in [6, 6.07) is 11.2. The van der Waals surface area contributed by atoms with Gasteiger partial charge >= 0.3 is 0 Å². The van der Waals surface area contributed by atoms with Gasteiger partial charge in [0.1, 0.15) is 0 Å². The number of carbonyl (C=O) groups is 1. The van der Waals surface area contributed by atoms with Crippen LogP contribution in [0.1, 0.15) is 21.6 Å². The SMILES string of the molecule is O=C(NCCc1c[nH]cn1)c1cnc(-c2cccc(Cn3nc(-c4cc(F)c(F)c(F)c4)ccc3=O)c2)nc1. The molecule has 1 amide bonds. The van der Waals surface area contributed by atoms with Gasteiger partial charge < -0.3 is 10.3 Å². The first-order valence-electron chi connectivity index (χ1n) is 11.8. The van der Waals surface area contributed by atoms with E-state index in [1.54, 1.807) is 36.8 Å². The summed E-state index contributed by atoms with van der Waals surface area (Å²) >= 11 is 0. The molecule has 0 saturated heterocycles. The minimum atomic E-state index is -1.58. The standard InChI is InChI=1S/C27H20F3N7O2/c28-21-9-18(10-22(29)25(21)30)23-4-5-24(38)37(36-23)14-16-2-1-3-17(8-16)26-33-11-19(12-34-26)27(39)32-7-6-20-13-31-15-35-20/h1-5,8-13,15H,6-7,14H2,(H,31,35)(H,32,39). The van der Waals surface area contributed by atoms with Gasteiger partial charge in [0.15, 0.2) is 23.3 Å². The Labute approximate surface area is 219 Å². The van der Waals surface area contributed by atoms with Crippen LogP contribution in [0.25, 0.3) is 22.6 Å². The summed E-state index contributed by atoms with van der Waals surface area (Å²) in [5.41, 5.74) is 2.12. The lowest BCUT2D eigenvalue weighted by Gasteiger charge is -2.09. The van der Waals surface area contributed by atoms with Gasteiger partial charge in [-0.25, -0.2) is 32.8 Å². The van der Waals surface area contributed by atoms with Crippen LogP contribution in [0.5, 0.6) is 0 Å². The van der Waals surface area contributed by atoms with Crippen LogP contribution in [0.4, 0.5) is 13.2 Å². The predicted molar refractivity (Wildman–Crippen MR) is 135 cm³/mol. The summed E-state index contributed by atoms with van der Waals surface area (Å²) in [5.74, 6) is -4.22. The minimum Gasteiger partial charge on any atom is -0.352 e. The molecule has 2 N–H and O–H groups in total. The first-order chi connectivity index (χ1) is 18.9. The van der Waals surface area contributed by atoms with Crippen molar-refractivity contribution in [2.24, 2.45) is 0 Å². The number of halogens is 3. The highest BCUT2D eigenvalue weighted by atomic mass is 19.2. The Hall–Kier alpha value is -5.13. The van der Waals surface area contributed by atoms with Gasteiger partial charge in [-0.15, -0.1) is 0 Å². The lowest BCUT2D eigenvalue weighted by molar-refractivity contribution is 0.0953. The Morgan fingerprint density at radius 2 is 1.72 bits per heavy atom. The molecule has 0 radical (unpaired) electrons. The molecule has 196 valence electrons. The number of imidazole rings is 1. The number of benzene rings is 2. The number of aromatic nitrogens is 6. The Morgan fingerprint density at radius 3 is 2.44 bits per heavy atom. The Morgan fingerprint density at radius 1 is 0.949 bits per heavy atom. The molecule has 0 bridgehead atoms. The molecule has 0 saturated carbocycles. The second-order valence-electron chi connectivity index (χ2n) is 8.53. The zero-order valence-electron chi connectivity index (χ0n) is 20.2. The van der Waals surface area contributed by atoms with E-state index < -0.39 is 23.0 Å². The van der Waals surface area contributed by atoms with Crippen molar-refractivity contribution in [1.82, 2.24) is 35.0 Å². The first-order valence-corrected chi connectivity index (χ1v) is 11.8. The Balaban J connectivity index is 1.30. The molecule has 0 aliphatic rings. The van der Waals surface area contributed by atoms with Crippen molar-refractivity contribution in [2.75, 3.05) is 6.54 Å². The minimum absolute atomic E-state index is 0.00689. The van der Waals surface area contributed by atoms with E-state index in [0.29, 0.717) is 35.5 Å². The molecule has 0 atom stereocenters. The van der Waals surface area contributed by atoms with Crippen LogP contribution in [0.2, 0.25) is 0 Å². The van der Waals surface area contributed by atoms with Gasteiger partial charge in [0.05, 0.1) is 29.8 Å². The number of nitrogens with zero attached hydrogens (tertiary/aromatic N) is 5. The van der Waals surface area contributed by atoms with Gasteiger partial charge in [0, 0.05) is 48.7 Å². The molecule has 0 unspecified atom stereocenters. The summed E-state index contributed by atoms with van der Waals surface area (Å²) in [5, 5.41) is 6.98. The summed E-state index contributed by atoms with van der Waals surface area (Å²) in [7, 11) is 0. The molecule has 39 heavy (non-hydrogen) atoms. The molecule has 2 aromatic carbocycles. The maximum atomic E-state index is 13.7. The fourth-order valence-corrected chi connectivity index (χ4v) is 3.83. The fourth-order valence-electron chi connectivity index (χ4n) is 3.83. The van der Waals surface area contributed by atoms with E-state index in [9.17, 15) is 22.8 Å². The van der Waals surface area contributed by atoms with Gasteiger partial charge in [-0.1, -0.05) is 18.2 Å². The van der Waals surface area contributed by atoms with E-state index in [2.05, 4.69) is 30.4 Å². The van der Waals surface area contributed by atoms with Crippen LogP contribution in [0.3, 0.4) is 0 Å². The van der Waals surface area contributed by atoms with Crippen molar-refractivity contribution in [3.63, 3.8) is 0 Å². The highest BCUT2D eigenvalue weighted by molar-refractivity contribution is 5.93. The van der Waals surface area contributed by atoms with Crippen LogP contribution < -0.4 is 10.9 Å². The second kappa shape index (κ2) is 11.1. The smallest absolute Gasteiger partial charge is 0.267 e. The number of aromatic amines is 1. The summed E-state index contributed by atoms with van der Waals surface area (Å²) in [4.78, 5) is 40.3. The van der Waals surface area contributed by atoms with Crippen molar-refractivity contribution in [2.45, 2.75) is 13.0 Å². The van der Waals surface area contributed by atoms with Crippen LogP contribution in [0.15, 0.2) is 78.2 Å². The number of hydrogen-bond donors (Lipinski definition) is 2. The quantitative estimate of drug-likeness (QED) is 0.296. The molecule has 9 nitrogen and oxygen atoms in total. The second-order valence-corrected chi connectivity index (χ2v) is 8.53. The largest absolute Gasteiger partial charge is 0.352 e. The number of hydrogen-bond acceptors (Lipinski definition) is 6. The van der Waals surface area contributed by atoms with Crippen LogP contribution in [-0.4, -0.2) is 42.2 Å². The van der Waals surface area contributed by atoms with E-state index in [1.807, 2.05) is 0 Å². The van der Waals surface area contributed by atoms with Crippen LogP contribution >= 0.6 is 0 Å². The molecule has 5 aromatic rings. The number of H-pyrrole nitrogens is 1. The molecule has 5 rings (SSSR count). The topological polar surface area (TPSA) is 118 Å². The molecule has 12 heteroatoms. The van der Waals surface area contributed by atoms with Crippen molar-refractivity contribution in [1.29, 1.82) is 0 Å². The fraction of sp³-hybridized carbons (Fsp3) is 0.111. The molecule has 0 aliphatic heterocycles. The average molecular weight is 531 g/mol. The summed E-state index contributed by atoms with van der Waals surface area (Å²) in [6.07, 6.45) is 6.77. The molecule has 3 aromatic heterocycles.